The van der Waals surface area contributed by atoms with Gasteiger partial charge in [0.2, 0.25) is 0 Å². The van der Waals surface area contributed by atoms with Crippen LogP contribution >= 0.6 is 0 Å². The van der Waals surface area contributed by atoms with Gasteiger partial charge in [-0.15, -0.1) is 0 Å². The monoisotopic (exact) mass is 724 g/mol. The maximum atomic E-state index is 12.7. The Kier molecular flexibility index (Phi) is 17.1. The molecule has 12 heteroatoms. The number of hydrogen-bond donors (Lipinski definition) is 0. The van der Waals surface area contributed by atoms with Gasteiger partial charge in [-0.1, -0.05) is 27.0 Å². The molecule has 0 heterocycles. The smallest absolute Gasteiger partial charge is 0.343 e. The average Bonchev–Trinajstić information content (AvgIpc) is 3.19. The van der Waals surface area contributed by atoms with E-state index in [1.54, 1.807) is 48.5 Å². The van der Waals surface area contributed by atoms with Crippen LogP contribution in [0, 0.1) is 0 Å². The molecule has 0 unspecified atom stereocenters. The van der Waals surface area contributed by atoms with Crippen LogP contribution in [0.25, 0.3) is 0 Å². The molecule has 4 rings (SSSR count). The molecule has 0 radical (unpaired) electrons. The second kappa shape index (κ2) is 22.2. The Morgan fingerprint density at radius 2 is 0.698 bits per heavy atom. The number of rotatable bonds is 18. The molecule has 53 heavy (non-hydrogen) atoms. The van der Waals surface area contributed by atoms with Crippen molar-refractivity contribution in [3.8, 4) is 28.7 Å². The van der Waals surface area contributed by atoms with Gasteiger partial charge in [0.05, 0.1) is 43.1 Å². The maximum Gasteiger partial charge on any atom is 0.343 e. The van der Waals surface area contributed by atoms with E-state index in [0.717, 1.165) is 12.2 Å². The van der Waals surface area contributed by atoms with Crippen LogP contribution in [0.2, 0.25) is 0 Å². The van der Waals surface area contributed by atoms with E-state index in [4.69, 9.17) is 33.2 Å². The van der Waals surface area contributed by atoms with E-state index in [1.165, 1.54) is 48.5 Å². The molecule has 0 atom stereocenters. The van der Waals surface area contributed by atoms with Gasteiger partial charge in [0.1, 0.15) is 28.7 Å². The number of ether oxygens (including phenoxy) is 7. The van der Waals surface area contributed by atoms with Crippen LogP contribution in [-0.2, 0) is 19.1 Å². The summed E-state index contributed by atoms with van der Waals surface area (Å²) in [7, 11) is 0. The van der Waals surface area contributed by atoms with Crippen molar-refractivity contribution in [2.75, 3.05) is 26.4 Å². The lowest BCUT2D eigenvalue weighted by atomic mass is 10.2. The van der Waals surface area contributed by atoms with Gasteiger partial charge in [-0.3, -0.25) is 0 Å². The Labute approximate surface area is 307 Å². The third kappa shape index (κ3) is 14.2. The Bertz CT molecular complexity index is 1810. The van der Waals surface area contributed by atoms with E-state index in [1.807, 2.05) is 13.8 Å². The quantitative estimate of drug-likeness (QED) is 0.0436. The molecule has 0 aliphatic rings. The van der Waals surface area contributed by atoms with Crippen LogP contribution in [0.1, 0.15) is 57.8 Å². The molecule has 0 aliphatic heterocycles. The van der Waals surface area contributed by atoms with Crippen molar-refractivity contribution in [3.63, 3.8) is 0 Å². The predicted molar refractivity (Wildman–Crippen MR) is 195 cm³/mol. The van der Waals surface area contributed by atoms with Gasteiger partial charge < -0.3 is 33.2 Å². The second-order valence-corrected chi connectivity index (χ2v) is 10.4. The minimum Gasteiger partial charge on any atom is -0.493 e. The molecule has 276 valence electrons. The third-order valence-corrected chi connectivity index (χ3v) is 6.66. The highest BCUT2D eigenvalue weighted by atomic mass is 16.6. The largest absolute Gasteiger partial charge is 0.493 e. The third-order valence-electron chi connectivity index (χ3n) is 6.66. The zero-order valence-corrected chi connectivity index (χ0v) is 29.4. The molecule has 4 aromatic carbocycles. The Balaban J connectivity index is 0.00000372. The summed E-state index contributed by atoms with van der Waals surface area (Å²) in [5.41, 5.74) is 0.810. The highest BCUT2D eigenvalue weighted by Gasteiger charge is 2.14. The van der Waals surface area contributed by atoms with E-state index in [9.17, 15) is 24.0 Å². The SMILES string of the molecule is C=CC(=O)OCCCOc1ccc(C(=O)Oc2ccc(OC(=O)c3ccc(OC(=O)c4ccc(OCCCOC(=O)C=C)cc4)cc3)cc2)cc1.CC. The summed E-state index contributed by atoms with van der Waals surface area (Å²) in [6, 6.07) is 24.5. The van der Waals surface area contributed by atoms with E-state index in [2.05, 4.69) is 13.2 Å². The molecule has 0 amide bonds. The zero-order valence-electron chi connectivity index (χ0n) is 29.4. The Hall–Kier alpha value is -6.69. The molecule has 0 bridgehead atoms. The van der Waals surface area contributed by atoms with Crippen molar-refractivity contribution in [2.45, 2.75) is 26.7 Å². The molecule has 0 saturated heterocycles. The van der Waals surface area contributed by atoms with Crippen LogP contribution in [0.4, 0.5) is 0 Å². The number of benzene rings is 4. The van der Waals surface area contributed by atoms with Gasteiger partial charge in [-0.25, -0.2) is 24.0 Å². The number of carbonyl (C=O) groups excluding carboxylic acids is 5. The zero-order chi connectivity index (χ0) is 38.4. The van der Waals surface area contributed by atoms with Crippen LogP contribution < -0.4 is 23.7 Å². The lowest BCUT2D eigenvalue weighted by Crippen LogP contribution is -2.11. The first kappa shape index (κ1) is 40.7. The summed E-state index contributed by atoms with van der Waals surface area (Å²) in [6.07, 6.45) is 3.17. The molecular formula is C41H40O12. The summed E-state index contributed by atoms with van der Waals surface area (Å²) in [4.78, 5) is 59.9. The number of esters is 5. The lowest BCUT2D eigenvalue weighted by molar-refractivity contribution is -0.138. The van der Waals surface area contributed by atoms with Gasteiger partial charge in [0.25, 0.3) is 0 Å². The van der Waals surface area contributed by atoms with Crippen molar-refractivity contribution < 1.29 is 57.1 Å². The van der Waals surface area contributed by atoms with Gasteiger partial charge in [-0.2, -0.15) is 0 Å². The number of hydrogen-bond acceptors (Lipinski definition) is 12. The van der Waals surface area contributed by atoms with Gasteiger partial charge in [0.15, 0.2) is 0 Å². The fourth-order valence-electron chi connectivity index (χ4n) is 4.07. The molecule has 0 N–H and O–H groups in total. The maximum absolute atomic E-state index is 12.7. The van der Waals surface area contributed by atoms with E-state index in [0.29, 0.717) is 48.7 Å². The molecule has 0 aliphatic carbocycles. The van der Waals surface area contributed by atoms with Crippen molar-refractivity contribution in [3.05, 3.63) is 139 Å². The molecule has 0 fully saturated rings. The van der Waals surface area contributed by atoms with Crippen LogP contribution in [0.5, 0.6) is 28.7 Å². The first-order valence-corrected chi connectivity index (χ1v) is 16.6. The summed E-state index contributed by atoms with van der Waals surface area (Å²) in [5, 5.41) is 0. The fourth-order valence-corrected chi connectivity index (χ4v) is 4.07. The van der Waals surface area contributed by atoms with E-state index in [-0.39, 0.29) is 36.0 Å². The minimum atomic E-state index is -0.646. The van der Waals surface area contributed by atoms with Gasteiger partial charge in [-0.05, 0) is 97.1 Å². The van der Waals surface area contributed by atoms with Crippen LogP contribution in [0.3, 0.4) is 0 Å². The van der Waals surface area contributed by atoms with E-state index < -0.39 is 29.8 Å². The summed E-state index contributed by atoms with van der Waals surface area (Å²) in [5.74, 6) is -1.06. The normalized spacial score (nSPS) is 9.92. The highest BCUT2D eigenvalue weighted by molar-refractivity contribution is 5.93. The topological polar surface area (TPSA) is 150 Å². The lowest BCUT2D eigenvalue weighted by Gasteiger charge is -2.09. The van der Waals surface area contributed by atoms with Crippen molar-refractivity contribution in [2.24, 2.45) is 0 Å². The molecule has 0 saturated carbocycles. The van der Waals surface area contributed by atoms with Gasteiger partial charge in [0, 0.05) is 25.0 Å². The highest BCUT2D eigenvalue weighted by Crippen LogP contribution is 2.22. The molecular weight excluding hydrogens is 684 g/mol. The first-order valence-electron chi connectivity index (χ1n) is 16.6. The Morgan fingerprint density at radius 3 is 0.981 bits per heavy atom. The van der Waals surface area contributed by atoms with Crippen molar-refractivity contribution in [1.29, 1.82) is 0 Å². The van der Waals surface area contributed by atoms with Crippen LogP contribution in [-0.4, -0.2) is 56.3 Å². The summed E-state index contributed by atoms with van der Waals surface area (Å²) in [6.45, 7) is 11.7. The predicted octanol–water partition coefficient (Wildman–Crippen LogP) is 7.37. The van der Waals surface area contributed by atoms with Crippen molar-refractivity contribution >= 4 is 29.8 Å². The first-order chi connectivity index (χ1) is 25.7. The molecule has 0 aromatic heterocycles. The Morgan fingerprint density at radius 1 is 0.434 bits per heavy atom. The minimum absolute atomic E-state index is 0.204. The second-order valence-electron chi connectivity index (χ2n) is 10.4. The van der Waals surface area contributed by atoms with Gasteiger partial charge >= 0.3 is 29.8 Å². The van der Waals surface area contributed by atoms with E-state index >= 15 is 0 Å². The fraction of sp³-hybridized carbons (Fsp3) is 0.195. The van der Waals surface area contributed by atoms with Crippen molar-refractivity contribution in [1.82, 2.24) is 0 Å². The standard InChI is InChI=1S/C39H34O12.C2H6/c1-3-35(40)47-25-5-23-45-30-13-7-27(8-14-30)37(42)49-32-17-11-29(12-18-32)39(44)51-34-21-19-33(20-22-34)50-38(43)28-9-15-31(16-10-28)46-24-6-26-48-36(41)4-2;1-2/h3-4,7-22H,1-2,5-6,23-26H2;1-2H3. The van der Waals surface area contributed by atoms with Crippen LogP contribution in [0.15, 0.2) is 122 Å². The summed E-state index contributed by atoms with van der Waals surface area (Å²) < 4.78 is 37.1. The molecule has 4 aromatic rings. The molecule has 0 spiro atoms. The average molecular weight is 725 g/mol. The summed E-state index contributed by atoms with van der Waals surface area (Å²) >= 11 is 0. The number of carbonyl (C=O) groups is 5. The molecule has 12 nitrogen and oxygen atoms in total.